The van der Waals surface area contributed by atoms with Gasteiger partial charge in [0.15, 0.2) is 5.78 Å². The van der Waals surface area contributed by atoms with E-state index < -0.39 is 5.41 Å². The van der Waals surface area contributed by atoms with E-state index in [1.165, 1.54) is 19.1 Å². The summed E-state index contributed by atoms with van der Waals surface area (Å²) < 4.78 is 18.7. The number of rotatable bonds is 6. The summed E-state index contributed by atoms with van der Waals surface area (Å²) in [5.41, 5.74) is 0.607. The largest absolute Gasteiger partial charge is 0.466 e. The highest BCUT2D eigenvalue weighted by atomic mass is 19.1. The van der Waals surface area contributed by atoms with Gasteiger partial charge in [0.1, 0.15) is 5.82 Å². The predicted molar refractivity (Wildman–Crippen MR) is 111 cm³/mol. The van der Waals surface area contributed by atoms with Crippen LogP contribution in [0.15, 0.2) is 48.5 Å². The number of piperidine rings is 1. The lowest BCUT2D eigenvalue weighted by atomic mass is 9.75. The van der Waals surface area contributed by atoms with Gasteiger partial charge in [-0.3, -0.25) is 14.4 Å². The van der Waals surface area contributed by atoms with Gasteiger partial charge >= 0.3 is 5.97 Å². The fraction of sp³-hybridized carbons (Fsp3) is 0.375. The highest BCUT2D eigenvalue weighted by molar-refractivity contribution is 6.07. The molecule has 1 aliphatic rings. The van der Waals surface area contributed by atoms with E-state index in [0.29, 0.717) is 36.9 Å². The number of likely N-dealkylation sites (tertiary alicyclic amines) is 1. The zero-order valence-electron chi connectivity index (χ0n) is 17.3. The van der Waals surface area contributed by atoms with Gasteiger partial charge in [0.05, 0.1) is 17.6 Å². The van der Waals surface area contributed by atoms with E-state index in [0.717, 1.165) is 5.56 Å². The molecule has 0 radical (unpaired) electrons. The molecule has 1 heterocycles. The van der Waals surface area contributed by atoms with E-state index in [4.69, 9.17) is 4.74 Å². The van der Waals surface area contributed by atoms with Crippen molar-refractivity contribution in [1.29, 1.82) is 0 Å². The molecule has 30 heavy (non-hydrogen) atoms. The van der Waals surface area contributed by atoms with Crippen LogP contribution in [0.2, 0.25) is 0 Å². The molecular weight excluding hydrogens is 385 g/mol. The first-order chi connectivity index (χ1) is 14.4. The number of hydrogen-bond donors (Lipinski definition) is 0. The number of ketones is 1. The lowest BCUT2D eigenvalue weighted by Gasteiger charge is -2.41. The van der Waals surface area contributed by atoms with Crippen molar-refractivity contribution in [3.8, 4) is 0 Å². The van der Waals surface area contributed by atoms with Crippen molar-refractivity contribution in [3.05, 3.63) is 71.0 Å². The first kappa shape index (κ1) is 21.7. The molecule has 1 atom stereocenters. The Balaban J connectivity index is 1.91. The van der Waals surface area contributed by atoms with Crippen LogP contribution in [0.1, 0.15) is 53.0 Å². The third-order valence-corrected chi connectivity index (χ3v) is 5.57. The molecule has 0 N–H and O–H groups in total. The standard InChI is InChI=1S/C24H26FNO4/c1-3-30-23(29)24(15-18-9-11-19(25)12-10-18)13-6-14-26(16-24)22(28)21-8-5-4-7-20(21)17(2)27/h4-5,7-12H,3,6,13-16H2,1-2H3/t24-/m1/s1. The molecule has 2 aromatic rings. The highest BCUT2D eigenvalue weighted by Gasteiger charge is 2.45. The van der Waals surface area contributed by atoms with Gasteiger partial charge in [-0.05, 0) is 56.9 Å². The zero-order valence-corrected chi connectivity index (χ0v) is 17.3. The second kappa shape index (κ2) is 9.20. The Kier molecular flexibility index (Phi) is 6.65. The number of hydrogen-bond acceptors (Lipinski definition) is 4. The summed E-state index contributed by atoms with van der Waals surface area (Å²) >= 11 is 0. The van der Waals surface area contributed by atoms with Gasteiger partial charge in [-0.1, -0.05) is 30.3 Å². The molecule has 5 nitrogen and oxygen atoms in total. The molecular formula is C24H26FNO4. The Bertz CT molecular complexity index is 940. The SMILES string of the molecule is CCOC(=O)[C@@]1(Cc2ccc(F)cc2)CCCN(C(=O)c2ccccc2C(C)=O)C1. The molecule has 3 rings (SSSR count). The maximum Gasteiger partial charge on any atom is 0.314 e. The van der Waals surface area contributed by atoms with Gasteiger partial charge in [-0.15, -0.1) is 0 Å². The molecule has 0 aromatic heterocycles. The van der Waals surface area contributed by atoms with E-state index in [-0.39, 0.29) is 36.6 Å². The number of carbonyl (C=O) groups excluding carboxylic acids is 3. The van der Waals surface area contributed by atoms with E-state index in [1.807, 2.05) is 0 Å². The van der Waals surface area contributed by atoms with E-state index >= 15 is 0 Å². The average Bonchev–Trinajstić information content (AvgIpc) is 2.75. The summed E-state index contributed by atoms with van der Waals surface area (Å²) in [4.78, 5) is 39.8. The molecule has 1 amide bonds. The van der Waals surface area contributed by atoms with E-state index in [1.54, 1.807) is 48.2 Å². The van der Waals surface area contributed by atoms with Crippen molar-refractivity contribution in [2.75, 3.05) is 19.7 Å². The van der Waals surface area contributed by atoms with Crippen molar-refractivity contribution in [2.24, 2.45) is 5.41 Å². The maximum atomic E-state index is 13.3. The molecule has 6 heteroatoms. The lowest BCUT2D eigenvalue weighted by Crippen LogP contribution is -2.51. The molecule has 1 saturated heterocycles. The van der Waals surface area contributed by atoms with Crippen molar-refractivity contribution in [3.63, 3.8) is 0 Å². The monoisotopic (exact) mass is 411 g/mol. The summed E-state index contributed by atoms with van der Waals surface area (Å²) in [5.74, 6) is -1.15. The molecule has 0 saturated carbocycles. The number of esters is 1. The van der Waals surface area contributed by atoms with Gasteiger partial charge < -0.3 is 9.64 Å². The third kappa shape index (κ3) is 4.58. The number of amides is 1. The lowest BCUT2D eigenvalue weighted by molar-refractivity contribution is -0.158. The normalized spacial score (nSPS) is 18.7. The molecule has 1 fully saturated rings. The van der Waals surface area contributed by atoms with Crippen LogP contribution in [0.25, 0.3) is 0 Å². The minimum absolute atomic E-state index is 0.182. The summed E-state index contributed by atoms with van der Waals surface area (Å²) in [6, 6.07) is 12.8. The smallest absolute Gasteiger partial charge is 0.314 e. The number of nitrogens with zero attached hydrogens (tertiary/aromatic N) is 1. The van der Waals surface area contributed by atoms with Gasteiger partial charge in [0.25, 0.3) is 5.91 Å². The third-order valence-electron chi connectivity index (χ3n) is 5.57. The van der Waals surface area contributed by atoms with Crippen molar-refractivity contribution >= 4 is 17.7 Å². The fourth-order valence-electron chi connectivity index (χ4n) is 4.11. The maximum absolute atomic E-state index is 13.3. The average molecular weight is 411 g/mol. The van der Waals surface area contributed by atoms with Gasteiger partial charge in [0.2, 0.25) is 0 Å². The molecule has 158 valence electrons. The fourth-order valence-corrected chi connectivity index (χ4v) is 4.11. The summed E-state index contributed by atoms with van der Waals surface area (Å²) in [5, 5.41) is 0. The molecule has 0 unspecified atom stereocenters. The second-order valence-electron chi connectivity index (χ2n) is 7.74. The quantitative estimate of drug-likeness (QED) is 0.531. The Morgan fingerprint density at radius 1 is 1.07 bits per heavy atom. The number of halogens is 1. The predicted octanol–water partition coefficient (Wildman–Crippen LogP) is 4.06. The number of benzene rings is 2. The van der Waals surface area contributed by atoms with Crippen LogP contribution in [0, 0.1) is 11.2 Å². The Morgan fingerprint density at radius 3 is 2.37 bits per heavy atom. The van der Waals surface area contributed by atoms with Gasteiger partial charge in [0, 0.05) is 18.7 Å². The van der Waals surface area contributed by atoms with Crippen LogP contribution in [0.4, 0.5) is 4.39 Å². The summed E-state index contributed by atoms with van der Waals surface area (Å²) in [6.45, 7) is 4.10. The van der Waals surface area contributed by atoms with Crippen LogP contribution < -0.4 is 0 Å². The highest BCUT2D eigenvalue weighted by Crippen LogP contribution is 2.36. The molecule has 0 bridgehead atoms. The van der Waals surface area contributed by atoms with Gasteiger partial charge in [-0.2, -0.15) is 0 Å². The number of carbonyl (C=O) groups is 3. The molecule has 0 spiro atoms. The van der Waals surface area contributed by atoms with Crippen LogP contribution in [0.3, 0.4) is 0 Å². The van der Waals surface area contributed by atoms with Crippen LogP contribution in [0.5, 0.6) is 0 Å². The first-order valence-electron chi connectivity index (χ1n) is 10.2. The number of ether oxygens (including phenoxy) is 1. The molecule has 1 aliphatic heterocycles. The minimum atomic E-state index is -0.910. The number of Topliss-reactive ketones (excluding diaryl/α,β-unsaturated/α-hetero) is 1. The Labute approximate surface area is 175 Å². The summed E-state index contributed by atoms with van der Waals surface area (Å²) in [7, 11) is 0. The van der Waals surface area contributed by atoms with Crippen LogP contribution >= 0.6 is 0 Å². The van der Waals surface area contributed by atoms with Crippen molar-refractivity contribution in [1.82, 2.24) is 4.90 Å². The van der Waals surface area contributed by atoms with E-state index in [2.05, 4.69) is 0 Å². The molecule has 2 aromatic carbocycles. The van der Waals surface area contributed by atoms with Crippen LogP contribution in [-0.2, 0) is 16.0 Å². The second-order valence-corrected chi connectivity index (χ2v) is 7.74. The van der Waals surface area contributed by atoms with E-state index in [9.17, 15) is 18.8 Å². The Morgan fingerprint density at radius 2 is 1.73 bits per heavy atom. The topological polar surface area (TPSA) is 63.7 Å². The van der Waals surface area contributed by atoms with Crippen molar-refractivity contribution in [2.45, 2.75) is 33.1 Å². The molecule has 0 aliphatic carbocycles. The first-order valence-corrected chi connectivity index (χ1v) is 10.2. The van der Waals surface area contributed by atoms with Crippen molar-refractivity contribution < 1.29 is 23.5 Å². The minimum Gasteiger partial charge on any atom is -0.466 e. The van der Waals surface area contributed by atoms with Crippen LogP contribution in [-0.4, -0.2) is 42.3 Å². The van der Waals surface area contributed by atoms with Gasteiger partial charge in [-0.25, -0.2) is 4.39 Å². The Hall–Kier alpha value is -3.02. The zero-order chi connectivity index (χ0) is 21.7. The summed E-state index contributed by atoms with van der Waals surface area (Å²) in [6.07, 6.45) is 1.56.